The summed E-state index contributed by atoms with van der Waals surface area (Å²) in [5.74, 6) is -0.942. The Kier molecular flexibility index (Phi) is 4.12. The van der Waals surface area contributed by atoms with Crippen LogP contribution in [0.5, 0.6) is 0 Å². The van der Waals surface area contributed by atoms with E-state index in [-0.39, 0.29) is 23.1 Å². The van der Waals surface area contributed by atoms with Crippen LogP contribution < -0.4 is 0 Å². The van der Waals surface area contributed by atoms with E-state index in [2.05, 4.69) is 9.97 Å². The highest BCUT2D eigenvalue weighted by Crippen LogP contribution is 2.22. The monoisotopic (exact) mass is 328 g/mol. The fourth-order valence-electron chi connectivity index (χ4n) is 2.46. The molecule has 2 aromatic heterocycles. The summed E-state index contributed by atoms with van der Waals surface area (Å²) < 4.78 is 5.07. The standard InChI is InChI=1S/C17H13ClN2O3/c1-10-15(11-5-2-3-7-13(11)20-10)14(21)9-23-17(22)12-6-4-8-19-16(12)18/h2-8,20H,9H2,1H3. The SMILES string of the molecule is Cc1[nH]c2ccccc2c1C(=O)COC(=O)c1cccnc1Cl. The second kappa shape index (κ2) is 6.22. The normalized spacial score (nSPS) is 10.7. The molecule has 0 aliphatic rings. The molecule has 0 atom stereocenters. The Labute approximate surface area is 137 Å². The van der Waals surface area contributed by atoms with Crippen molar-refractivity contribution in [2.24, 2.45) is 0 Å². The van der Waals surface area contributed by atoms with Gasteiger partial charge in [0.1, 0.15) is 5.15 Å². The molecule has 0 aliphatic heterocycles. The zero-order valence-corrected chi connectivity index (χ0v) is 13.1. The van der Waals surface area contributed by atoms with Crippen molar-refractivity contribution >= 4 is 34.3 Å². The van der Waals surface area contributed by atoms with Crippen LogP contribution in [-0.2, 0) is 4.74 Å². The molecule has 1 N–H and O–H groups in total. The van der Waals surface area contributed by atoms with Gasteiger partial charge in [-0.15, -0.1) is 0 Å². The van der Waals surface area contributed by atoms with Crippen molar-refractivity contribution < 1.29 is 14.3 Å². The lowest BCUT2D eigenvalue weighted by Crippen LogP contribution is -2.15. The Morgan fingerprint density at radius 1 is 1.22 bits per heavy atom. The number of aryl methyl sites for hydroxylation is 1. The summed E-state index contributed by atoms with van der Waals surface area (Å²) in [6, 6.07) is 10.6. The van der Waals surface area contributed by atoms with Crippen LogP contribution in [0.2, 0.25) is 5.15 Å². The van der Waals surface area contributed by atoms with E-state index in [0.717, 1.165) is 16.6 Å². The number of hydrogen-bond donors (Lipinski definition) is 1. The highest BCUT2D eigenvalue weighted by molar-refractivity contribution is 6.32. The summed E-state index contributed by atoms with van der Waals surface area (Å²) in [6.07, 6.45) is 1.47. The fourth-order valence-corrected chi connectivity index (χ4v) is 2.65. The molecule has 5 nitrogen and oxygen atoms in total. The summed E-state index contributed by atoms with van der Waals surface area (Å²) in [6.45, 7) is 1.46. The van der Waals surface area contributed by atoms with Crippen LogP contribution in [-0.4, -0.2) is 28.3 Å². The first-order valence-electron chi connectivity index (χ1n) is 6.96. The predicted molar refractivity (Wildman–Crippen MR) is 86.9 cm³/mol. The molecule has 0 spiro atoms. The van der Waals surface area contributed by atoms with E-state index in [1.807, 2.05) is 31.2 Å². The number of aromatic nitrogens is 2. The van der Waals surface area contributed by atoms with E-state index in [0.29, 0.717) is 5.56 Å². The molecule has 116 valence electrons. The van der Waals surface area contributed by atoms with Gasteiger partial charge in [-0.3, -0.25) is 4.79 Å². The van der Waals surface area contributed by atoms with Crippen molar-refractivity contribution in [1.82, 2.24) is 9.97 Å². The van der Waals surface area contributed by atoms with Crippen LogP contribution in [0.4, 0.5) is 0 Å². The summed E-state index contributed by atoms with van der Waals surface area (Å²) in [7, 11) is 0. The number of nitrogens with one attached hydrogen (secondary N) is 1. The molecule has 6 heteroatoms. The number of ether oxygens (including phenoxy) is 1. The molecule has 23 heavy (non-hydrogen) atoms. The Bertz CT molecular complexity index is 902. The summed E-state index contributed by atoms with van der Waals surface area (Å²) >= 11 is 5.84. The first kappa shape index (κ1) is 15.2. The highest BCUT2D eigenvalue weighted by Gasteiger charge is 2.19. The van der Waals surface area contributed by atoms with E-state index in [1.54, 1.807) is 6.07 Å². The lowest BCUT2D eigenvalue weighted by atomic mass is 10.1. The first-order valence-corrected chi connectivity index (χ1v) is 7.34. The molecule has 0 unspecified atom stereocenters. The van der Waals surface area contributed by atoms with Gasteiger partial charge < -0.3 is 9.72 Å². The maximum Gasteiger partial charge on any atom is 0.341 e. The summed E-state index contributed by atoms with van der Waals surface area (Å²) in [5.41, 5.74) is 2.28. The fraction of sp³-hybridized carbons (Fsp3) is 0.118. The van der Waals surface area contributed by atoms with Gasteiger partial charge in [0.25, 0.3) is 0 Å². The third kappa shape index (κ3) is 2.96. The van der Waals surface area contributed by atoms with E-state index in [9.17, 15) is 9.59 Å². The van der Waals surface area contributed by atoms with Gasteiger partial charge in [-0.05, 0) is 25.1 Å². The van der Waals surface area contributed by atoms with E-state index in [4.69, 9.17) is 16.3 Å². The largest absolute Gasteiger partial charge is 0.454 e. The minimum Gasteiger partial charge on any atom is -0.454 e. The third-order valence-electron chi connectivity index (χ3n) is 3.49. The number of hydrogen-bond acceptors (Lipinski definition) is 4. The van der Waals surface area contributed by atoms with Crippen molar-refractivity contribution in [2.45, 2.75) is 6.92 Å². The van der Waals surface area contributed by atoms with Gasteiger partial charge in [0.15, 0.2) is 6.61 Å². The highest BCUT2D eigenvalue weighted by atomic mass is 35.5. The average Bonchev–Trinajstić information content (AvgIpc) is 2.88. The molecule has 0 amide bonds. The zero-order valence-electron chi connectivity index (χ0n) is 12.3. The van der Waals surface area contributed by atoms with Gasteiger partial charge in [-0.25, -0.2) is 9.78 Å². The van der Waals surface area contributed by atoms with Crippen LogP contribution in [0.25, 0.3) is 10.9 Å². The Morgan fingerprint density at radius 2 is 2.00 bits per heavy atom. The number of H-pyrrole nitrogens is 1. The molecule has 1 aromatic carbocycles. The van der Waals surface area contributed by atoms with Crippen molar-refractivity contribution in [1.29, 1.82) is 0 Å². The second-order valence-electron chi connectivity index (χ2n) is 5.01. The topological polar surface area (TPSA) is 72.1 Å². The van der Waals surface area contributed by atoms with Gasteiger partial charge in [0.2, 0.25) is 5.78 Å². The maximum atomic E-state index is 12.4. The number of esters is 1. The zero-order chi connectivity index (χ0) is 16.4. The van der Waals surface area contributed by atoms with Crippen LogP contribution in [0.15, 0.2) is 42.6 Å². The maximum absolute atomic E-state index is 12.4. The number of rotatable bonds is 4. The van der Waals surface area contributed by atoms with Gasteiger partial charge in [0.05, 0.1) is 5.56 Å². The number of carbonyl (C=O) groups is 2. The molecular weight excluding hydrogens is 316 g/mol. The number of aromatic amines is 1. The molecule has 0 saturated heterocycles. The molecule has 0 bridgehead atoms. The number of Topliss-reactive ketones (excluding diaryl/α,β-unsaturated/α-hetero) is 1. The number of halogens is 1. The molecule has 0 fully saturated rings. The minimum absolute atomic E-state index is 0.0493. The number of ketones is 1. The van der Waals surface area contributed by atoms with Gasteiger partial charge >= 0.3 is 5.97 Å². The first-order chi connectivity index (χ1) is 11.1. The summed E-state index contributed by atoms with van der Waals surface area (Å²) in [5, 5.41) is 0.860. The smallest absolute Gasteiger partial charge is 0.341 e. The number of pyridine rings is 1. The van der Waals surface area contributed by atoms with E-state index < -0.39 is 5.97 Å². The van der Waals surface area contributed by atoms with Gasteiger partial charge in [-0.1, -0.05) is 29.8 Å². The molecule has 0 radical (unpaired) electrons. The Balaban J connectivity index is 1.78. The van der Waals surface area contributed by atoms with Crippen LogP contribution in [0.1, 0.15) is 26.4 Å². The van der Waals surface area contributed by atoms with Crippen molar-refractivity contribution in [3.05, 3.63) is 64.6 Å². The lowest BCUT2D eigenvalue weighted by molar-refractivity contribution is 0.0474. The van der Waals surface area contributed by atoms with Crippen molar-refractivity contribution in [2.75, 3.05) is 6.61 Å². The van der Waals surface area contributed by atoms with Crippen molar-refractivity contribution in [3.63, 3.8) is 0 Å². The van der Waals surface area contributed by atoms with Gasteiger partial charge in [0, 0.05) is 28.4 Å². The molecule has 2 heterocycles. The molecule has 3 aromatic rings. The number of fused-ring (bicyclic) bond motifs is 1. The number of benzene rings is 1. The lowest BCUT2D eigenvalue weighted by Gasteiger charge is -2.05. The van der Waals surface area contributed by atoms with Crippen LogP contribution in [0, 0.1) is 6.92 Å². The van der Waals surface area contributed by atoms with Crippen LogP contribution in [0.3, 0.4) is 0 Å². The molecule has 0 saturated carbocycles. The third-order valence-corrected chi connectivity index (χ3v) is 3.79. The van der Waals surface area contributed by atoms with Crippen LogP contribution >= 0.6 is 11.6 Å². The number of nitrogens with zero attached hydrogens (tertiary/aromatic N) is 1. The summed E-state index contributed by atoms with van der Waals surface area (Å²) in [4.78, 5) is 31.3. The van der Waals surface area contributed by atoms with E-state index >= 15 is 0 Å². The second-order valence-corrected chi connectivity index (χ2v) is 5.37. The molecule has 3 rings (SSSR count). The van der Waals surface area contributed by atoms with Crippen molar-refractivity contribution in [3.8, 4) is 0 Å². The average molecular weight is 329 g/mol. The quantitative estimate of drug-likeness (QED) is 0.451. The predicted octanol–water partition coefficient (Wildman–Crippen LogP) is 3.56. The number of para-hydroxylation sites is 1. The minimum atomic E-state index is -0.672. The molecule has 0 aliphatic carbocycles. The van der Waals surface area contributed by atoms with E-state index in [1.165, 1.54) is 12.3 Å². The Morgan fingerprint density at radius 3 is 2.78 bits per heavy atom. The van der Waals surface area contributed by atoms with Gasteiger partial charge in [-0.2, -0.15) is 0 Å². The molecular formula is C17H13ClN2O3. The number of carbonyl (C=O) groups excluding carboxylic acids is 2. The Hall–Kier alpha value is -2.66.